The smallest absolute Gasteiger partial charge is 0.442 e. The molecule has 2 heterocycles. The second-order valence-corrected chi connectivity index (χ2v) is 7.90. The Morgan fingerprint density at radius 3 is 2.00 bits per heavy atom. The van der Waals surface area contributed by atoms with Crippen LogP contribution in [0.2, 0.25) is 0 Å². The number of amides is 3. The zero-order valence-electron chi connectivity index (χ0n) is 18.2. The van der Waals surface area contributed by atoms with Crippen LogP contribution in [-0.2, 0) is 30.5 Å². The molecule has 1 fully saturated rings. The first kappa shape index (κ1) is 23.0. The summed E-state index contributed by atoms with van der Waals surface area (Å²) in [6, 6.07) is 15.3. The van der Waals surface area contributed by atoms with E-state index in [1.54, 1.807) is 17.0 Å². The number of piperidine rings is 1. The fourth-order valence-electron chi connectivity index (χ4n) is 3.72. The lowest BCUT2D eigenvalue weighted by Crippen LogP contribution is -2.40. The number of carbonyl (C=O) groups is 5. The maximum atomic E-state index is 12.2. The van der Waals surface area contributed by atoms with Crippen molar-refractivity contribution in [2.75, 3.05) is 19.7 Å². The SMILES string of the molecule is O=C(OCC1CCN(C(=O)OCc2ccccc2)CC1)C(=O)ON1C(=O)c2ccccc2C1=O. The summed E-state index contributed by atoms with van der Waals surface area (Å²) in [5.41, 5.74) is 1.07. The summed E-state index contributed by atoms with van der Waals surface area (Å²) < 4.78 is 10.3. The summed E-state index contributed by atoms with van der Waals surface area (Å²) in [7, 11) is 0. The molecule has 0 bridgehead atoms. The van der Waals surface area contributed by atoms with Crippen LogP contribution >= 0.6 is 0 Å². The zero-order valence-corrected chi connectivity index (χ0v) is 18.2. The molecule has 0 N–H and O–H groups in total. The summed E-state index contributed by atoms with van der Waals surface area (Å²) >= 11 is 0. The molecule has 2 aliphatic heterocycles. The number of imide groups is 1. The van der Waals surface area contributed by atoms with Crippen LogP contribution in [-0.4, -0.2) is 59.5 Å². The minimum atomic E-state index is -1.46. The van der Waals surface area contributed by atoms with Crippen molar-refractivity contribution in [1.82, 2.24) is 9.96 Å². The van der Waals surface area contributed by atoms with Gasteiger partial charge in [0.1, 0.15) is 6.61 Å². The third-order valence-electron chi connectivity index (χ3n) is 5.63. The molecule has 10 nitrogen and oxygen atoms in total. The molecule has 34 heavy (non-hydrogen) atoms. The van der Waals surface area contributed by atoms with Crippen molar-refractivity contribution in [1.29, 1.82) is 0 Å². The van der Waals surface area contributed by atoms with E-state index in [4.69, 9.17) is 9.47 Å². The lowest BCUT2D eigenvalue weighted by molar-refractivity contribution is -0.184. The van der Waals surface area contributed by atoms with Gasteiger partial charge < -0.3 is 19.2 Å². The number of rotatable bonds is 5. The number of hydroxylamine groups is 2. The monoisotopic (exact) mass is 466 g/mol. The van der Waals surface area contributed by atoms with Gasteiger partial charge in [0.25, 0.3) is 11.8 Å². The van der Waals surface area contributed by atoms with Crippen LogP contribution < -0.4 is 0 Å². The molecule has 2 aromatic rings. The van der Waals surface area contributed by atoms with Crippen molar-refractivity contribution in [3.8, 4) is 0 Å². The van der Waals surface area contributed by atoms with Crippen LogP contribution in [0.1, 0.15) is 39.1 Å². The highest BCUT2D eigenvalue weighted by Gasteiger charge is 2.40. The van der Waals surface area contributed by atoms with E-state index in [1.807, 2.05) is 30.3 Å². The van der Waals surface area contributed by atoms with Crippen molar-refractivity contribution >= 4 is 29.8 Å². The van der Waals surface area contributed by atoms with E-state index in [-0.39, 0.29) is 35.3 Å². The number of esters is 1. The van der Waals surface area contributed by atoms with Gasteiger partial charge in [-0.3, -0.25) is 9.59 Å². The maximum Gasteiger partial charge on any atom is 0.442 e. The van der Waals surface area contributed by atoms with Gasteiger partial charge in [0.2, 0.25) is 0 Å². The van der Waals surface area contributed by atoms with E-state index in [0.717, 1.165) is 5.56 Å². The molecule has 2 aliphatic rings. The Kier molecular flexibility index (Phi) is 6.86. The first-order valence-corrected chi connectivity index (χ1v) is 10.8. The lowest BCUT2D eigenvalue weighted by atomic mass is 9.98. The van der Waals surface area contributed by atoms with Crippen LogP contribution in [0.3, 0.4) is 0 Å². The second-order valence-electron chi connectivity index (χ2n) is 7.90. The summed E-state index contributed by atoms with van der Waals surface area (Å²) in [4.78, 5) is 67.0. The van der Waals surface area contributed by atoms with Gasteiger partial charge in [0.05, 0.1) is 17.7 Å². The third kappa shape index (κ3) is 5.06. The van der Waals surface area contributed by atoms with E-state index in [1.165, 1.54) is 12.1 Å². The van der Waals surface area contributed by atoms with Gasteiger partial charge in [0.15, 0.2) is 0 Å². The highest BCUT2D eigenvalue weighted by molar-refractivity contribution is 6.31. The summed E-state index contributed by atoms with van der Waals surface area (Å²) in [5.74, 6) is -4.48. The summed E-state index contributed by atoms with van der Waals surface area (Å²) in [5, 5.41) is 0.258. The fraction of sp³-hybridized carbons (Fsp3) is 0.292. The van der Waals surface area contributed by atoms with Crippen LogP contribution in [0.25, 0.3) is 0 Å². The van der Waals surface area contributed by atoms with Gasteiger partial charge in [0, 0.05) is 13.1 Å². The zero-order chi connectivity index (χ0) is 24.1. The largest absolute Gasteiger partial charge is 0.457 e. The number of ether oxygens (including phenoxy) is 2. The maximum absolute atomic E-state index is 12.2. The molecule has 3 amide bonds. The number of nitrogens with zero attached hydrogens (tertiary/aromatic N) is 2. The number of fused-ring (bicyclic) bond motifs is 1. The van der Waals surface area contributed by atoms with Crippen molar-refractivity contribution in [2.45, 2.75) is 19.4 Å². The Bertz CT molecular complexity index is 1070. The van der Waals surface area contributed by atoms with Crippen molar-refractivity contribution in [2.24, 2.45) is 5.92 Å². The first-order chi connectivity index (χ1) is 16.4. The van der Waals surface area contributed by atoms with E-state index in [0.29, 0.717) is 25.9 Å². The van der Waals surface area contributed by atoms with E-state index in [2.05, 4.69) is 4.84 Å². The van der Waals surface area contributed by atoms with Crippen LogP contribution in [0.5, 0.6) is 0 Å². The Hall–Kier alpha value is -4.21. The molecule has 4 rings (SSSR count). The van der Waals surface area contributed by atoms with Gasteiger partial charge in [-0.25, -0.2) is 14.4 Å². The highest BCUT2D eigenvalue weighted by atomic mass is 16.7. The van der Waals surface area contributed by atoms with E-state index < -0.39 is 29.8 Å². The Balaban J connectivity index is 1.18. The minimum Gasteiger partial charge on any atom is -0.457 e. The molecule has 10 heteroatoms. The molecule has 2 aromatic carbocycles. The molecule has 1 saturated heterocycles. The molecule has 0 unspecified atom stereocenters. The van der Waals surface area contributed by atoms with Gasteiger partial charge in [-0.2, -0.15) is 0 Å². The van der Waals surface area contributed by atoms with E-state index >= 15 is 0 Å². The lowest BCUT2D eigenvalue weighted by Gasteiger charge is -2.30. The quantitative estimate of drug-likeness (QED) is 0.374. The van der Waals surface area contributed by atoms with Crippen LogP contribution in [0.4, 0.5) is 4.79 Å². The standard InChI is InChI=1S/C24H22N2O8/c27-20-18-8-4-5-9-19(18)21(28)26(20)34-23(30)22(29)32-14-17-10-12-25(13-11-17)24(31)33-15-16-6-2-1-3-7-16/h1-9,17H,10-15H2. The number of hydrogen-bond acceptors (Lipinski definition) is 8. The molecule has 176 valence electrons. The van der Waals surface area contributed by atoms with E-state index in [9.17, 15) is 24.0 Å². The molecular weight excluding hydrogens is 444 g/mol. The Labute approximate surface area is 194 Å². The number of hydrogen-bond donors (Lipinski definition) is 0. The molecule has 0 radical (unpaired) electrons. The van der Waals surface area contributed by atoms with Crippen molar-refractivity contribution in [3.63, 3.8) is 0 Å². The fourth-order valence-corrected chi connectivity index (χ4v) is 3.72. The molecule has 0 aromatic heterocycles. The summed E-state index contributed by atoms with van der Waals surface area (Å²) in [6.45, 7) is 0.986. The summed E-state index contributed by atoms with van der Waals surface area (Å²) in [6.07, 6.45) is 0.700. The van der Waals surface area contributed by atoms with Gasteiger partial charge in [-0.05, 0) is 36.5 Å². The van der Waals surface area contributed by atoms with Crippen molar-refractivity contribution < 1.29 is 38.3 Å². The predicted octanol–water partition coefficient (Wildman–Crippen LogP) is 2.33. The molecule has 0 spiro atoms. The van der Waals surface area contributed by atoms with Gasteiger partial charge in [-0.15, -0.1) is 0 Å². The predicted molar refractivity (Wildman–Crippen MR) is 115 cm³/mol. The molecule has 0 saturated carbocycles. The van der Waals surface area contributed by atoms with Crippen LogP contribution in [0, 0.1) is 5.92 Å². The van der Waals surface area contributed by atoms with Gasteiger partial charge in [-0.1, -0.05) is 47.5 Å². The average Bonchev–Trinajstić information content (AvgIpc) is 3.11. The molecule has 0 atom stereocenters. The van der Waals surface area contributed by atoms with Gasteiger partial charge >= 0.3 is 18.0 Å². The highest BCUT2D eigenvalue weighted by Crippen LogP contribution is 2.23. The minimum absolute atomic E-state index is 0.0526. The molecule has 0 aliphatic carbocycles. The van der Waals surface area contributed by atoms with Crippen molar-refractivity contribution in [3.05, 3.63) is 71.3 Å². The first-order valence-electron chi connectivity index (χ1n) is 10.8. The van der Waals surface area contributed by atoms with Crippen LogP contribution in [0.15, 0.2) is 54.6 Å². The Morgan fingerprint density at radius 1 is 0.794 bits per heavy atom. The Morgan fingerprint density at radius 2 is 1.38 bits per heavy atom. The number of benzene rings is 2. The third-order valence-corrected chi connectivity index (χ3v) is 5.63. The molecular formula is C24H22N2O8. The number of carbonyl (C=O) groups excluding carboxylic acids is 5. The normalized spacial score (nSPS) is 15.6. The number of likely N-dealkylation sites (tertiary alicyclic amines) is 1. The average molecular weight is 466 g/mol. The second kappa shape index (κ2) is 10.2. The topological polar surface area (TPSA) is 120 Å².